The Morgan fingerprint density at radius 3 is 2.56 bits per heavy atom. The number of hydrogen-bond donors (Lipinski definition) is 2. The molecule has 7 nitrogen and oxygen atoms in total. The van der Waals surface area contributed by atoms with Crippen LogP contribution in [0, 0.1) is 11.8 Å². The van der Waals surface area contributed by atoms with Crippen LogP contribution in [0.5, 0.6) is 5.75 Å². The first kappa shape index (κ1) is 25.8. The van der Waals surface area contributed by atoms with Crippen LogP contribution < -0.4 is 10.1 Å². The zero-order valence-electron chi connectivity index (χ0n) is 20.0. The number of amides is 1. The third-order valence-corrected chi connectivity index (χ3v) is 6.50. The lowest BCUT2D eigenvalue weighted by atomic mass is 9.74. The largest absolute Gasteiger partial charge is 0.480 e. The van der Waals surface area contributed by atoms with Crippen molar-refractivity contribution in [2.75, 3.05) is 20.1 Å². The fourth-order valence-corrected chi connectivity index (χ4v) is 4.46. The van der Waals surface area contributed by atoms with Gasteiger partial charge in [0.2, 0.25) is 5.91 Å². The Kier molecular flexibility index (Phi) is 9.25. The molecule has 1 aliphatic heterocycles. The molecule has 2 unspecified atom stereocenters. The number of rotatable bonds is 9. The average Bonchev–Trinajstić information content (AvgIpc) is 2.93. The minimum absolute atomic E-state index is 0.0296. The number of aliphatic carboxylic acids is 1. The second kappa shape index (κ2) is 11.5. The summed E-state index contributed by atoms with van der Waals surface area (Å²) in [5.74, 6) is -2.53. The number of carbonyl (C=O) groups is 3. The molecular formula is C25H38N2O5. The second-order valence-electron chi connectivity index (χ2n) is 9.51. The van der Waals surface area contributed by atoms with Gasteiger partial charge in [-0.3, -0.25) is 9.59 Å². The highest BCUT2D eigenvalue weighted by molar-refractivity contribution is 5.87. The van der Waals surface area contributed by atoms with Crippen LogP contribution in [-0.4, -0.2) is 54.0 Å². The molecule has 7 heteroatoms. The SMILES string of the molecule is CCC1(c2cccc(OC(=O)[C@H](C)CC(=O)NC(C(=O)O)C(C)C)c2)CCCCN(C)C1. The normalized spacial score (nSPS) is 21.4. The summed E-state index contributed by atoms with van der Waals surface area (Å²) in [5, 5.41) is 11.7. The average molecular weight is 447 g/mol. The van der Waals surface area contributed by atoms with Gasteiger partial charge < -0.3 is 20.1 Å². The number of carboxylic acids is 1. The van der Waals surface area contributed by atoms with E-state index in [0.29, 0.717) is 5.75 Å². The van der Waals surface area contributed by atoms with Crippen molar-refractivity contribution in [3.63, 3.8) is 0 Å². The number of nitrogens with zero attached hydrogens (tertiary/aromatic N) is 1. The van der Waals surface area contributed by atoms with Crippen molar-refractivity contribution in [2.24, 2.45) is 11.8 Å². The van der Waals surface area contributed by atoms with Crippen LogP contribution in [0.1, 0.15) is 65.4 Å². The van der Waals surface area contributed by atoms with Crippen LogP contribution in [0.4, 0.5) is 0 Å². The van der Waals surface area contributed by atoms with Gasteiger partial charge in [0.15, 0.2) is 0 Å². The summed E-state index contributed by atoms with van der Waals surface area (Å²) in [6, 6.07) is 6.75. The van der Waals surface area contributed by atoms with Gasteiger partial charge in [0, 0.05) is 18.4 Å². The number of benzene rings is 1. The maximum absolute atomic E-state index is 12.6. The van der Waals surface area contributed by atoms with Crippen LogP contribution in [-0.2, 0) is 19.8 Å². The van der Waals surface area contributed by atoms with Crippen LogP contribution in [0.25, 0.3) is 0 Å². The zero-order valence-corrected chi connectivity index (χ0v) is 20.0. The number of carbonyl (C=O) groups excluding carboxylic acids is 2. The van der Waals surface area contributed by atoms with Gasteiger partial charge in [-0.1, -0.05) is 46.2 Å². The van der Waals surface area contributed by atoms with Crippen LogP contribution in [0.3, 0.4) is 0 Å². The predicted octanol–water partition coefficient (Wildman–Crippen LogP) is 3.61. The third kappa shape index (κ3) is 6.79. The molecule has 3 atom stereocenters. The van der Waals surface area contributed by atoms with Crippen molar-refractivity contribution < 1.29 is 24.2 Å². The van der Waals surface area contributed by atoms with E-state index in [-0.39, 0.29) is 17.8 Å². The summed E-state index contributed by atoms with van der Waals surface area (Å²) in [5.41, 5.74) is 1.20. The molecule has 1 fully saturated rings. The van der Waals surface area contributed by atoms with Gasteiger partial charge in [-0.25, -0.2) is 4.79 Å². The quantitative estimate of drug-likeness (QED) is 0.444. The summed E-state index contributed by atoms with van der Waals surface area (Å²) in [7, 11) is 2.15. The number of esters is 1. The Bertz CT molecular complexity index is 809. The standard InChI is InChI=1S/C25H38N2O5/c1-6-25(12-7-8-13-27(5)16-25)19-10-9-11-20(15-19)32-24(31)18(4)14-21(28)26-22(17(2)3)23(29)30/h9-11,15,17-18,22H,6-8,12-14,16H2,1-5H3,(H,26,28)(H,29,30)/t18-,22?,25?/m1/s1. The minimum Gasteiger partial charge on any atom is -0.480 e. The predicted molar refractivity (Wildman–Crippen MR) is 124 cm³/mol. The van der Waals surface area contributed by atoms with E-state index in [4.69, 9.17) is 4.74 Å². The Morgan fingerprint density at radius 1 is 1.22 bits per heavy atom. The molecule has 0 aromatic heterocycles. The molecule has 32 heavy (non-hydrogen) atoms. The van der Waals surface area contributed by atoms with E-state index in [2.05, 4.69) is 30.3 Å². The molecular weight excluding hydrogens is 408 g/mol. The van der Waals surface area contributed by atoms with Crippen molar-refractivity contribution in [1.82, 2.24) is 10.2 Å². The van der Waals surface area contributed by atoms with E-state index in [1.807, 2.05) is 12.1 Å². The third-order valence-electron chi connectivity index (χ3n) is 6.50. The Balaban J connectivity index is 2.05. The van der Waals surface area contributed by atoms with Gasteiger partial charge in [0.25, 0.3) is 0 Å². The summed E-state index contributed by atoms with van der Waals surface area (Å²) < 4.78 is 5.61. The molecule has 1 amide bonds. The van der Waals surface area contributed by atoms with Gasteiger partial charge >= 0.3 is 11.9 Å². The first-order valence-electron chi connectivity index (χ1n) is 11.6. The monoisotopic (exact) mass is 446 g/mol. The topological polar surface area (TPSA) is 95.9 Å². The lowest BCUT2D eigenvalue weighted by Crippen LogP contribution is -2.45. The summed E-state index contributed by atoms with van der Waals surface area (Å²) >= 11 is 0. The van der Waals surface area contributed by atoms with Crippen LogP contribution in [0.15, 0.2) is 24.3 Å². The zero-order chi connectivity index (χ0) is 23.9. The van der Waals surface area contributed by atoms with E-state index in [1.165, 1.54) is 18.4 Å². The van der Waals surface area contributed by atoms with E-state index < -0.39 is 29.8 Å². The second-order valence-corrected chi connectivity index (χ2v) is 9.51. The van der Waals surface area contributed by atoms with Gasteiger partial charge in [-0.2, -0.15) is 0 Å². The van der Waals surface area contributed by atoms with Gasteiger partial charge in [0.05, 0.1) is 5.92 Å². The molecule has 178 valence electrons. The summed E-state index contributed by atoms with van der Waals surface area (Å²) in [6.45, 7) is 9.33. The summed E-state index contributed by atoms with van der Waals surface area (Å²) in [6.07, 6.45) is 4.33. The number of nitrogens with one attached hydrogen (secondary N) is 1. The van der Waals surface area contributed by atoms with Crippen LogP contribution in [0.2, 0.25) is 0 Å². The molecule has 0 bridgehead atoms. The highest BCUT2D eigenvalue weighted by atomic mass is 16.5. The fraction of sp³-hybridized carbons (Fsp3) is 0.640. The molecule has 0 aliphatic carbocycles. The van der Waals surface area contributed by atoms with Gasteiger partial charge in [-0.05, 0) is 56.5 Å². The first-order chi connectivity index (χ1) is 15.1. The molecule has 1 saturated heterocycles. The molecule has 1 aromatic carbocycles. The molecule has 1 aliphatic rings. The molecule has 0 saturated carbocycles. The molecule has 2 rings (SSSR count). The molecule has 0 radical (unpaired) electrons. The van der Waals surface area contributed by atoms with Crippen molar-refractivity contribution in [2.45, 2.75) is 71.3 Å². The highest BCUT2D eigenvalue weighted by Gasteiger charge is 2.33. The van der Waals surface area contributed by atoms with E-state index in [9.17, 15) is 19.5 Å². The number of carboxylic acid groups (broad SMARTS) is 1. The maximum Gasteiger partial charge on any atom is 0.326 e. The first-order valence-corrected chi connectivity index (χ1v) is 11.6. The number of likely N-dealkylation sites (tertiary alicyclic amines) is 1. The number of likely N-dealkylation sites (N-methyl/N-ethyl adjacent to an activating group) is 1. The van der Waals surface area contributed by atoms with Gasteiger partial charge in [-0.15, -0.1) is 0 Å². The van der Waals surface area contributed by atoms with Gasteiger partial charge in [0.1, 0.15) is 11.8 Å². The molecule has 0 spiro atoms. The van der Waals surface area contributed by atoms with E-state index >= 15 is 0 Å². The molecule has 2 N–H and O–H groups in total. The molecule has 1 aromatic rings. The lowest BCUT2D eigenvalue weighted by molar-refractivity contribution is -0.144. The Morgan fingerprint density at radius 2 is 1.94 bits per heavy atom. The van der Waals surface area contributed by atoms with Crippen LogP contribution >= 0.6 is 0 Å². The highest BCUT2D eigenvalue weighted by Crippen LogP contribution is 2.37. The van der Waals surface area contributed by atoms with E-state index in [1.54, 1.807) is 26.8 Å². The maximum atomic E-state index is 12.6. The van der Waals surface area contributed by atoms with Crippen molar-refractivity contribution in [1.29, 1.82) is 0 Å². The lowest BCUT2D eigenvalue weighted by Gasteiger charge is -2.35. The van der Waals surface area contributed by atoms with E-state index in [0.717, 1.165) is 25.9 Å². The van der Waals surface area contributed by atoms with Crippen molar-refractivity contribution in [3.8, 4) is 5.75 Å². The Hall–Kier alpha value is -2.41. The smallest absolute Gasteiger partial charge is 0.326 e. The number of hydrogen-bond acceptors (Lipinski definition) is 5. The van der Waals surface area contributed by atoms with Crippen molar-refractivity contribution >= 4 is 17.8 Å². The Labute approximate surface area is 191 Å². The van der Waals surface area contributed by atoms with Crippen molar-refractivity contribution in [3.05, 3.63) is 29.8 Å². The number of ether oxygens (including phenoxy) is 1. The minimum atomic E-state index is -1.09. The fourth-order valence-electron chi connectivity index (χ4n) is 4.46. The summed E-state index contributed by atoms with van der Waals surface area (Å²) in [4.78, 5) is 38.5. The molecule has 1 heterocycles.